The zero-order chi connectivity index (χ0) is 17.6. The summed E-state index contributed by atoms with van der Waals surface area (Å²) in [5, 5.41) is 10.0. The maximum Gasteiger partial charge on any atom is 0.124 e. The average molecular weight is 335 g/mol. The van der Waals surface area contributed by atoms with Crippen molar-refractivity contribution in [2.24, 2.45) is 0 Å². The molecule has 25 heavy (non-hydrogen) atoms. The number of likely N-dealkylation sites (tertiary alicyclic amines) is 1. The van der Waals surface area contributed by atoms with Crippen LogP contribution in [-0.2, 0) is 6.42 Å². The van der Waals surface area contributed by atoms with Crippen LogP contribution in [0.25, 0.3) is 0 Å². The van der Waals surface area contributed by atoms with E-state index in [1.165, 1.54) is 23.3 Å². The highest BCUT2D eigenvalue weighted by Gasteiger charge is 2.42. The van der Waals surface area contributed by atoms with Crippen molar-refractivity contribution in [3.05, 3.63) is 70.0 Å². The molecule has 0 amide bonds. The summed E-state index contributed by atoms with van der Waals surface area (Å²) in [7, 11) is 0. The van der Waals surface area contributed by atoms with E-state index >= 15 is 0 Å². The van der Waals surface area contributed by atoms with Gasteiger partial charge < -0.3 is 5.11 Å². The van der Waals surface area contributed by atoms with Gasteiger partial charge >= 0.3 is 0 Å². The molecule has 1 N–H and O–H groups in total. The fourth-order valence-corrected chi connectivity index (χ4v) is 4.02. The summed E-state index contributed by atoms with van der Waals surface area (Å²) in [5.74, 6) is 6.01. The molecule has 1 saturated heterocycles. The van der Waals surface area contributed by atoms with Crippen LogP contribution in [0.2, 0.25) is 0 Å². The maximum atomic E-state index is 13.3. The van der Waals surface area contributed by atoms with Crippen molar-refractivity contribution < 1.29 is 9.50 Å². The van der Waals surface area contributed by atoms with Gasteiger partial charge in [0.15, 0.2) is 0 Å². The number of aryl methyl sites for hydroxylation is 2. The number of nitrogens with zero attached hydrogens (tertiary/aromatic N) is 1. The van der Waals surface area contributed by atoms with Gasteiger partial charge in [0.25, 0.3) is 0 Å². The Labute approximate surface area is 148 Å². The number of benzene rings is 2. The lowest BCUT2D eigenvalue weighted by molar-refractivity contribution is -0.103. The van der Waals surface area contributed by atoms with E-state index in [1.54, 1.807) is 6.07 Å². The quantitative estimate of drug-likeness (QED) is 0.805. The summed E-state index contributed by atoms with van der Waals surface area (Å²) in [4.78, 5) is 2.36. The Morgan fingerprint density at radius 2 is 2.00 bits per heavy atom. The van der Waals surface area contributed by atoms with E-state index in [4.69, 9.17) is 0 Å². The number of fused-ring (bicyclic) bond motifs is 1. The van der Waals surface area contributed by atoms with Crippen molar-refractivity contribution in [2.75, 3.05) is 13.1 Å². The number of rotatable bonds is 1. The third-order valence-corrected chi connectivity index (χ3v) is 5.23. The smallest absolute Gasteiger partial charge is 0.124 e. The number of hydrogen-bond acceptors (Lipinski definition) is 2. The van der Waals surface area contributed by atoms with Crippen LogP contribution in [0.1, 0.15) is 47.2 Å². The monoisotopic (exact) mass is 335 g/mol. The van der Waals surface area contributed by atoms with Gasteiger partial charge in [0.2, 0.25) is 0 Å². The number of hydrogen-bond donors (Lipinski definition) is 1. The van der Waals surface area contributed by atoms with Gasteiger partial charge in [-0.25, -0.2) is 4.39 Å². The number of halogens is 1. The predicted octanol–water partition coefficient (Wildman–Crippen LogP) is 3.59. The van der Waals surface area contributed by atoms with Crippen LogP contribution in [-0.4, -0.2) is 28.7 Å². The van der Waals surface area contributed by atoms with E-state index in [9.17, 15) is 9.50 Å². The Hall–Kier alpha value is -2.15. The van der Waals surface area contributed by atoms with Crippen molar-refractivity contribution in [2.45, 2.75) is 38.3 Å². The number of aliphatic hydroxyl groups is 1. The lowest BCUT2D eigenvalue weighted by Crippen LogP contribution is -2.60. The second-order valence-electron chi connectivity index (χ2n) is 7.58. The molecule has 3 heteroatoms. The zero-order valence-electron chi connectivity index (χ0n) is 14.6. The molecule has 0 bridgehead atoms. The molecule has 1 fully saturated rings. The Kier molecular flexibility index (Phi) is 3.91. The Balaban J connectivity index is 1.59. The molecule has 1 unspecified atom stereocenters. The molecule has 1 atom stereocenters. The van der Waals surface area contributed by atoms with Crippen molar-refractivity contribution >= 4 is 0 Å². The largest absolute Gasteiger partial charge is 0.388 e. The molecule has 128 valence electrons. The average Bonchev–Trinajstić information content (AvgIpc) is 2.92. The molecule has 1 aliphatic heterocycles. The van der Waals surface area contributed by atoms with Gasteiger partial charge in [0, 0.05) is 30.3 Å². The highest BCUT2D eigenvalue weighted by molar-refractivity contribution is 5.51. The molecule has 0 spiro atoms. The Morgan fingerprint density at radius 3 is 2.72 bits per heavy atom. The first-order valence-corrected chi connectivity index (χ1v) is 8.79. The van der Waals surface area contributed by atoms with E-state index < -0.39 is 5.60 Å². The van der Waals surface area contributed by atoms with Crippen LogP contribution in [0.5, 0.6) is 0 Å². The SMILES string of the molecule is Cc1cc2c(cc1C#Cc1cccc(F)c1)CCC2N1CC(C)(O)C1. The Bertz CT molecular complexity index is 883. The van der Waals surface area contributed by atoms with Crippen LogP contribution in [0.3, 0.4) is 0 Å². The van der Waals surface area contributed by atoms with Crippen molar-refractivity contribution in [1.82, 2.24) is 4.90 Å². The van der Waals surface area contributed by atoms with Gasteiger partial charge in [-0.15, -0.1) is 0 Å². The van der Waals surface area contributed by atoms with E-state index in [0.29, 0.717) is 11.6 Å². The highest BCUT2D eigenvalue weighted by Crippen LogP contribution is 2.41. The molecular weight excluding hydrogens is 313 g/mol. The Morgan fingerprint density at radius 1 is 1.20 bits per heavy atom. The second-order valence-corrected chi connectivity index (χ2v) is 7.58. The summed E-state index contributed by atoms with van der Waals surface area (Å²) < 4.78 is 13.3. The molecule has 0 saturated carbocycles. The van der Waals surface area contributed by atoms with Gasteiger partial charge in [0.05, 0.1) is 5.60 Å². The summed E-state index contributed by atoms with van der Waals surface area (Å²) in [5.41, 5.74) is 5.06. The fourth-order valence-electron chi connectivity index (χ4n) is 4.02. The first-order valence-electron chi connectivity index (χ1n) is 8.79. The van der Waals surface area contributed by atoms with Crippen LogP contribution in [0.4, 0.5) is 4.39 Å². The van der Waals surface area contributed by atoms with Gasteiger partial charge in [-0.3, -0.25) is 4.90 Å². The minimum atomic E-state index is -0.534. The van der Waals surface area contributed by atoms with Gasteiger partial charge in [0.1, 0.15) is 5.82 Å². The van der Waals surface area contributed by atoms with E-state index in [-0.39, 0.29) is 5.82 Å². The van der Waals surface area contributed by atoms with Gasteiger partial charge in [-0.05, 0) is 67.6 Å². The van der Waals surface area contributed by atoms with Crippen LogP contribution in [0, 0.1) is 24.6 Å². The van der Waals surface area contributed by atoms with Crippen molar-refractivity contribution in [3.8, 4) is 11.8 Å². The zero-order valence-corrected chi connectivity index (χ0v) is 14.6. The lowest BCUT2D eigenvalue weighted by atomic mass is 9.92. The second kappa shape index (κ2) is 5.98. The van der Waals surface area contributed by atoms with Crippen LogP contribution >= 0.6 is 0 Å². The summed E-state index contributed by atoms with van der Waals surface area (Å²) in [6, 6.07) is 11.2. The van der Waals surface area contributed by atoms with Gasteiger partial charge in [-0.2, -0.15) is 0 Å². The van der Waals surface area contributed by atoms with Crippen LogP contribution < -0.4 is 0 Å². The topological polar surface area (TPSA) is 23.5 Å². The molecule has 2 aliphatic rings. The third-order valence-electron chi connectivity index (χ3n) is 5.23. The molecular formula is C22H22FNO. The molecule has 2 aromatic rings. The highest BCUT2D eigenvalue weighted by atomic mass is 19.1. The normalized spacial score (nSPS) is 21.2. The summed E-state index contributed by atoms with van der Waals surface area (Å²) in [6.07, 6.45) is 2.15. The van der Waals surface area contributed by atoms with E-state index in [2.05, 4.69) is 35.8 Å². The maximum absolute atomic E-state index is 13.3. The third kappa shape index (κ3) is 3.20. The van der Waals surface area contributed by atoms with Gasteiger partial charge in [-0.1, -0.05) is 24.0 Å². The first-order chi connectivity index (χ1) is 11.9. The number of β-amino-alcohol motifs (C(OH)–C–C–N with tert-alkyl or cyclic N) is 1. The van der Waals surface area contributed by atoms with E-state index in [0.717, 1.165) is 37.1 Å². The molecule has 2 nitrogen and oxygen atoms in total. The minimum Gasteiger partial charge on any atom is -0.388 e. The first kappa shape index (κ1) is 16.3. The molecule has 4 rings (SSSR count). The molecule has 2 aromatic carbocycles. The van der Waals surface area contributed by atoms with Crippen LogP contribution in [0.15, 0.2) is 36.4 Å². The minimum absolute atomic E-state index is 0.259. The molecule has 1 aliphatic carbocycles. The fraction of sp³-hybridized carbons (Fsp3) is 0.364. The molecule has 0 radical (unpaired) electrons. The standard InChI is InChI=1S/C22H22FNO/c1-15-10-20-18(8-9-21(20)24-13-22(2,25)14-24)12-17(15)7-6-16-4-3-5-19(23)11-16/h3-5,10-12,21,25H,8-9,13-14H2,1-2H3. The summed E-state index contributed by atoms with van der Waals surface area (Å²) >= 11 is 0. The van der Waals surface area contributed by atoms with Crippen molar-refractivity contribution in [3.63, 3.8) is 0 Å². The van der Waals surface area contributed by atoms with Crippen molar-refractivity contribution in [1.29, 1.82) is 0 Å². The lowest BCUT2D eigenvalue weighted by Gasteiger charge is -2.47. The molecule has 1 heterocycles. The van der Waals surface area contributed by atoms with E-state index in [1.807, 2.05) is 13.0 Å². The molecule has 0 aromatic heterocycles. The summed E-state index contributed by atoms with van der Waals surface area (Å²) in [6.45, 7) is 5.47. The predicted molar refractivity (Wildman–Crippen MR) is 96.8 cm³/mol.